The highest BCUT2D eigenvalue weighted by atomic mass is 16.1. The van der Waals surface area contributed by atoms with Gasteiger partial charge >= 0.3 is 0 Å². The molecule has 3 rings (SSSR count). The van der Waals surface area contributed by atoms with Gasteiger partial charge in [-0.1, -0.05) is 30.3 Å². The molecule has 19 heavy (non-hydrogen) atoms. The van der Waals surface area contributed by atoms with E-state index in [1.165, 1.54) is 4.80 Å². The predicted octanol–water partition coefficient (Wildman–Crippen LogP) is 1.54. The van der Waals surface area contributed by atoms with E-state index in [2.05, 4.69) is 20.4 Å². The van der Waals surface area contributed by atoms with Crippen molar-refractivity contribution in [2.45, 2.75) is 0 Å². The summed E-state index contributed by atoms with van der Waals surface area (Å²) in [6.07, 6.45) is 2.29. The Balaban J connectivity index is 2.04. The molecule has 0 saturated heterocycles. The van der Waals surface area contributed by atoms with Crippen LogP contribution in [0.25, 0.3) is 17.2 Å². The van der Waals surface area contributed by atoms with E-state index in [-0.39, 0.29) is 0 Å². The minimum absolute atomic E-state index is 0.368. The van der Waals surface area contributed by atoms with E-state index in [0.717, 1.165) is 5.56 Å². The Bertz CT molecular complexity index is 708. The molecule has 1 aromatic carbocycles. The lowest BCUT2D eigenvalue weighted by Crippen LogP contribution is -2.05. The molecule has 0 aliphatic heterocycles. The number of aldehydes is 1. The fourth-order valence-corrected chi connectivity index (χ4v) is 1.68. The van der Waals surface area contributed by atoms with Gasteiger partial charge in [0.25, 0.3) is 0 Å². The highest BCUT2D eigenvalue weighted by Crippen LogP contribution is 2.14. The Hall–Kier alpha value is -2.89. The molecule has 2 aromatic heterocycles. The third-order valence-corrected chi connectivity index (χ3v) is 2.58. The van der Waals surface area contributed by atoms with Crippen LogP contribution in [0.3, 0.4) is 0 Å². The third kappa shape index (κ3) is 2.11. The van der Waals surface area contributed by atoms with Crippen molar-refractivity contribution in [1.29, 1.82) is 0 Å². The topological polar surface area (TPSA) is 73.6 Å². The molecule has 0 bridgehead atoms. The SMILES string of the molecule is O=Cc1cccnc1-n1nnc(-c2ccccc2)n1. The van der Waals surface area contributed by atoms with Crippen LogP contribution in [0.5, 0.6) is 0 Å². The zero-order chi connectivity index (χ0) is 13.1. The monoisotopic (exact) mass is 251 g/mol. The lowest BCUT2D eigenvalue weighted by molar-refractivity contribution is 0.112. The van der Waals surface area contributed by atoms with E-state index in [1.54, 1.807) is 18.3 Å². The first-order valence-electron chi connectivity index (χ1n) is 5.64. The van der Waals surface area contributed by atoms with E-state index in [0.29, 0.717) is 23.5 Å². The van der Waals surface area contributed by atoms with E-state index in [9.17, 15) is 4.79 Å². The predicted molar refractivity (Wildman–Crippen MR) is 67.8 cm³/mol. The van der Waals surface area contributed by atoms with Crippen LogP contribution in [0.2, 0.25) is 0 Å². The molecule has 0 unspecified atom stereocenters. The molecule has 0 radical (unpaired) electrons. The second kappa shape index (κ2) is 4.77. The summed E-state index contributed by atoms with van der Waals surface area (Å²) in [7, 11) is 0. The molecule has 0 aliphatic rings. The number of carbonyl (C=O) groups is 1. The summed E-state index contributed by atoms with van der Waals surface area (Å²) in [6.45, 7) is 0. The first-order chi connectivity index (χ1) is 9.38. The summed E-state index contributed by atoms with van der Waals surface area (Å²) in [5, 5.41) is 12.1. The lowest BCUT2D eigenvalue weighted by Gasteiger charge is -1.99. The number of nitrogens with zero attached hydrogens (tertiary/aromatic N) is 5. The maximum Gasteiger partial charge on any atom is 0.205 e. The molecule has 2 heterocycles. The summed E-state index contributed by atoms with van der Waals surface area (Å²) in [5.74, 6) is 0.857. The molecule has 0 amide bonds. The van der Waals surface area contributed by atoms with Crippen LogP contribution in [-0.4, -0.2) is 31.5 Å². The van der Waals surface area contributed by atoms with Crippen molar-refractivity contribution in [1.82, 2.24) is 25.2 Å². The molecule has 0 fully saturated rings. The van der Waals surface area contributed by atoms with Gasteiger partial charge in [-0.2, -0.15) is 0 Å². The Morgan fingerprint density at radius 2 is 1.89 bits per heavy atom. The standard InChI is InChI=1S/C13H9N5O/c19-9-11-7-4-8-14-13(11)18-16-12(15-17-18)10-5-2-1-3-6-10/h1-9H. The van der Waals surface area contributed by atoms with E-state index >= 15 is 0 Å². The first kappa shape index (κ1) is 11.2. The largest absolute Gasteiger partial charge is 0.298 e. The van der Waals surface area contributed by atoms with Crippen LogP contribution in [0.1, 0.15) is 10.4 Å². The van der Waals surface area contributed by atoms with E-state index in [4.69, 9.17) is 0 Å². The smallest absolute Gasteiger partial charge is 0.205 e. The molecule has 3 aromatic rings. The van der Waals surface area contributed by atoms with Crippen LogP contribution in [0.15, 0.2) is 48.7 Å². The number of tetrazole rings is 1. The summed E-state index contributed by atoms with van der Waals surface area (Å²) >= 11 is 0. The maximum atomic E-state index is 10.9. The van der Waals surface area contributed by atoms with Crippen LogP contribution in [0.4, 0.5) is 0 Å². The molecule has 0 atom stereocenters. The number of benzene rings is 1. The van der Waals surface area contributed by atoms with Crippen molar-refractivity contribution >= 4 is 6.29 Å². The Kier molecular flexibility index (Phi) is 2.82. The molecular weight excluding hydrogens is 242 g/mol. The van der Waals surface area contributed by atoms with E-state index in [1.807, 2.05) is 30.3 Å². The van der Waals surface area contributed by atoms with Gasteiger partial charge in [-0.15, -0.1) is 15.0 Å². The van der Waals surface area contributed by atoms with Gasteiger partial charge in [0, 0.05) is 11.8 Å². The third-order valence-electron chi connectivity index (χ3n) is 2.58. The van der Waals surface area contributed by atoms with Gasteiger partial charge in [0.2, 0.25) is 5.82 Å². The maximum absolute atomic E-state index is 10.9. The quantitative estimate of drug-likeness (QED) is 0.660. The molecule has 0 N–H and O–H groups in total. The zero-order valence-corrected chi connectivity index (χ0v) is 9.84. The minimum atomic E-state index is 0.368. The zero-order valence-electron chi connectivity index (χ0n) is 9.84. The van der Waals surface area contributed by atoms with Crippen molar-refractivity contribution < 1.29 is 4.79 Å². The van der Waals surface area contributed by atoms with Crippen molar-refractivity contribution in [3.8, 4) is 17.2 Å². The van der Waals surface area contributed by atoms with Gasteiger partial charge in [0.1, 0.15) is 0 Å². The molecule has 0 spiro atoms. The number of pyridine rings is 1. The van der Waals surface area contributed by atoms with Gasteiger partial charge in [-0.25, -0.2) is 4.98 Å². The average Bonchev–Trinajstić information content (AvgIpc) is 2.98. The number of rotatable bonds is 3. The highest BCUT2D eigenvalue weighted by Gasteiger charge is 2.10. The normalized spacial score (nSPS) is 10.3. The molecule has 92 valence electrons. The first-order valence-corrected chi connectivity index (χ1v) is 5.64. The summed E-state index contributed by atoms with van der Waals surface area (Å²) in [5.41, 5.74) is 1.27. The van der Waals surface area contributed by atoms with Gasteiger partial charge in [0.15, 0.2) is 12.1 Å². The Labute approximate surface area is 108 Å². The fourth-order valence-electron chi connectivity index (χ4n) is 1.68. The van der Waals surface area contributed by atoms with Gasteiger partial charge in [0.05, 0.1) is 5.56 Å². The van der Waals surface area contributed by atoms with Crippen LogP contribution in [0, 0.1) is 0 Å². The van der Waals surface area contributed by atoms with Crippen molar-refractivity contribution in [3.05, 3.63) is 54.2 Å². The summed E-state index contributed by atoms with van der Waals surface area (Å²) in [4.78, 5) is 16.3. The molecule has 6 heteroatoms. The Morgan fingerprint density at radius 3 is 2.68 bits per heavy atom. The van der Waals surface area contributed by atoms with Gasteiger partial charge in [-0.05, 0) is 17.3 Å². The number of aromatic nitrogens is 5. The average molecular weight is 251 g/mol. The van der Waals surface area contributed by atoms with Crippen LogP contribution < -0.4 is 0 Å². The fraction of sp³-hybridized carbons (Fsp3) is 0. The number of hydrogen-bond acceptors (Lipinski definition) is 5. The van der Waals surface area contributed by atoms with Crippen molar-refractivity contribution in [2.24, 2.45) is 0 Å². The molecule has 6 nitrogen and oxygen atoms in total. The number of hydrogen-bond donors (Lipinski definition) is 0. The molecule has 0 aliphatic carbocycles. The second-order valence-electron chi connectivity index (χ2n) is 3.80. The van der Waals surface area contributed by atoms with Crippen molar-refractivity contribution in [3.63, 3.8) is 0 Å². The summed E-state index contributed by atoms with van der Waals surface area (Å²) in [6, 6.07) is 12.8. The molecule has 0 saturated carbocycles. The number of carbonyl (C=O) groups excluding carboxylic acids is 1. The van der Waals surface area contributed by atoms with Crippen LogP contribution in [-0.2, 0) is 0 Å². The minimum Gasteiger partial charge on any atom is -0.298 e. The summed E-state index contributed by atoms with van der Waals surface area (Å²) < 4.78 is 0. The van der Waals surface area contributed by atoms with Gasteiger partial charge in [-0.3, -0.25) is 4.79 Å². The molecular formula is C13H9N5O. The van der Waals surface area contributed by atoms with Crippen molar-refractivity contribution in [2.75, 3.05) is 0 Å². The van der Waals surface area contributed by atoms with Crippen LogP contribution >= 0.6 is 0 Å². The van der Waals surface area contributed by atoms with E-state index < -0.39 is 0 Å². The highest BCUT2D eigenvalue weighted by molar-refractivity contribution is 5.79. The lowest BCUT2D eigenvalue weighted by atomic mass is 10.2. The Morgan fingerprint density at radius 1 is 1.05 bits per heavy atom. The second-order valence-corrected chi connectivity index (χ2v) is 3.80. The van der Waals surface area contributed by atoms with Gasteiger partial charge < -0.3 is 0 Å².